The van der Waals surface area contributed by atoms with E-state index in [-0.39, 0.29) is 53.1 Å². The molecule has 7 aliphatic rings. The molecule has 7 fully saturated rings. The third-order valence-corrected chi connectivity index (χ3v) is 14.8. The third kappa shape index (κ3) is 12.9. The lowest BCUT2D eigenvalue weighted by molar-refractivity contribution is 0.0696. The van der Waals surface area contributed by atoms with Gasteiger partial charge in [-0.3, -0.25) is 0 Å². The Bertz CT molecular complexity index is 1520. The number of aliphatic imine (C=N–C) groups is 2. The number of rotatable bonds is 9. The Morgan fingerprint density at radius 3 is 1.43 bits per heavy atom. The van der Waals surface area contributed by atoms with Crippen LogP contribution in [0.4, 0.5) is 9.59 Å². The van der Waals surface area contributed by atoms with Crippen molar-refractivity contribution in [3.8, 4) is 0 Å². The number of carbonyl (C=O) groups is 2. The van der Waals surface area contributed by atoms with Crippen LogP contribution in [-0.2, 0) is 9.68 Å². The van der Waals surface area contributed by atoms with Crippen molar-refractivity contribution in [3.05, 3.63) is 0 Å². The second-order valence-electron chi connectivity index (χ2n) is 21.0. The number of amides is 4. The van der Waals surface area contributed by atoms with Crippen LogP contribution in [0.3, 0.4) is 0 Å². The van der Waals surface area contributed by atoms with E-state index in [0.29, 0.717) is 18.6 Å². The molecule has 0 radical (unpaired) electrons. The van der Waals surface area contributed by atoms with Crippen molar-refractivity contribution in [3.63, 3.8) is 0 Å². The molecule has 12 nitrogen and oxygen atoms in total. The SMILES string of the molecule is CC1(C)CC(NC(=O)N(C(=NC2CCCCC2)ON=C2CCCC2)C2CCCCC2)CC(C)(CNC(=O)N(C(=NC2CCCCC2)ON=C2CCCC2)C2CCCCC2)C1. The van der Waals surface area contributed by atoms with Gasteiger partial charge in [0.2, 0.25) is 0 Å². The van der Waals surface area contributed by atoms with Crippen molar-refractivity contribution in [1.82, 2.24) is 20.4 Å². The summed E-state index contributed by atoms with van der Waals surface area (Å²) in [5, 5.41) is 16.2. The molecule has 4 amide bonds. The molecular weight excluding hydrogens is 753 g/mol. The van der Waals surface area contributed by atoms with Crippen molar-refractivity contribution in [2.45, 2.75) is 250 Å². The van der Waals surface area contributed by atoms with Crippen LogP contribution in [0.1, 0.15) is 220 Å². The van der Waals surface area contributed by atoms with Crippen LogP contribution in [0, 0.1) is 10.8 Å². The predicted octanol–water partition coefficient (Wildman–Crippen LogP) is 11.5. The highest BCUT2D eigenvalue weighted by Gasteiger charge is 2.44. The highest BCUT2D eigenvalue weighted by Crippen LogP contribution is 2.46. The van der Waals surface area contributed by atoms with E-state index < -0.39 is 0 Å². The fourth-order valence-corrected chi connectivity index (χ4v) is 11.9. The maximum atomic E-state index is 14.8. The first-order valence-electron chi connectivity index (χ1n) is 24.9. The molecule has 7 rings (SSSR count). The summed E-state index contributed by atoms with van der Waals surface area (Å²) in [7, 11) is 0. The lowest BCUT2D eigenvalue weighted by Crippen LogP contribution is -2.57. The lowest BCUT2D eigenvalue weighted by Gasteiger charge is -2.47. The summed E-state index contributed by atoms with van der Waals surface area (Å²) in [6.45, 7) is 7.39. The summed E-state index contributed by atoms with van der Waals surface area (Å²) in [5.41, 5.74) is 1.85. The van der Waals surface area contributed by atoms with E-state index in [2.05, 4.69) is 41.7 Å². The Hall–Kier alpha value is -3.18. The van der Waals surface area contributed by atoms with E-state index in [9.17, 15) is 9.59 Å². The molecule has 0 aromatic heterocycles. The fourth-order valence-electron chi connectivity index (χ4n) is 11.9. The van der Waals surface area contributed by atoms with Crippen molar-refractivity contribution in [1.29, 1.82) is 0 Å². The van der Waals surface area contributed by atoms with Crippen LogP contribution >= 0.6 is 0 Å². The van der Waals surface area contributed by atoms with E-state index in [1.165, 1.54) is 25.7 Å². The molecule has 2 N–H and O–H groups in total. The Kier molecular flexibility index (Phi) is 16.3. The minimum absolute atomic E-state index is 0.0309. The summed E-state index contributed by atoms with van der Waals surface area (Å²) in [4.78, 5) is 56.2. The topological polar surface area (TPSA) is 133 Å². The Morgan fingerprint density at radius 1 is 0.567 bits per heavy atom. The number of hydrogen-bond acceptors (Lipinski definition) is 8. The molecule has 7 aliphatic carbocycles. The second-order valence-corrected chi connectivity index (χ2v) is 21.0. The van der Waals surface area contributed by atoms with E-state index >= 15 is 0 Å². The van der Waals surface area contributed by atoms with Crippen molar-refractivity contribution in [2.75, 3.05) is 6.54 Å². The molecule has 0 aliphatic heterocycles. The molecule has 60 heavy (non-hydrogen) atoms. The van der Waals surface area contributed by atoms with Gasteiger partial charge in [0, 0.05) is 24.7 Å². The van der Waals surface area contributed by atoms with Crippen LogP contribution in [0.25, 0.3) is 0 Å². The molecule has 2 unspecified atom stereocenters. The average Bonchev–Trinajstić information content (AvgIpc) is 3.98. The molecule has 7 saturated carbocycles. The molecule has 0 spiro atoms. The maximum Gasteiger partial charge on any atom is 0.326 e. The Labute approximate surface area is 362 Å². The largest absolute Gasteiger partial charge is 0.337 e. The predicted molar refractivity (Wildman–Crippen MR) is 241 cm³/mol. The molecule has 0 bridgehead atoms. The molecule has 0 aromatic carbocycles. The van der Waals surface area contributed by atoms with Gasteiger partial charge >= 0.3 is 24.1 Å². The number of nitrogens with one attached hydrogen (secondary N) is 2. The minimum atomic E-state index is -0.251. The van der Waals surface area contributed by atoms with Crippen LogP contribution in [0.15, 0.2) is 20.3 Å². The molecular formula is C48H80N8O4. The van der Waals surface area contributed by atoms with Crippen LogP contribution in [0.5, 0.6) is 0 Å². The monoisotopic (exact) mass is 833 g/mol. The molecule has 0 aromatic rings. The molecule has 0 saturated heterocycles. The highest BCUT2D eigenvalue weighted by atomic mass is 16.7. The van der Waals surface area contributed by atoms with Crippen LogP contribution in [0.2, 0.25) is 0 Å². The number of oxime groups is 2. The van der Waals surface area contributed by atoms with Gasteiger partial charge < -0.3 is 20.3 Å². The van der Waals surface area contributed by atoms with Gasteiger partial charge in [-0.15, -0.1) is 0 Å². The summed E-state index contributed by atoms with van der Waals surface area (Å²) < 4.78 is 0. The zero-order chi connectivity index (χ0) is 41.8. The maximum absolute atomic E-state index is 14.8. The fraction of sp³-hybridized carbons (Fsp3) is 0.875. The van der Waals surface area contributed by atoms with Gasteiger partial charge in [-0.05, 0) is 133 Å². The Balaban J connectivity index is 1.09. The average molecular weight is 833 g/mol. The second kappa shape index (κ2) is 21.8. The number of nitrogens with zero attached hydrogens (tertiary/aromatic N) is 6. The third-order valence-electron chi connectivity index (χ3n) is 14.8. The van der Waals surface area contributed by atoms with Crippen LogP contribution < -0.4 is 10.6 Å². The van der Waals surface area contributed by atoms with E-state index in [1.54, 1.807) is 0 Å². The van der Waals surface area contributed by atoms with Gasteiger partial charge in [-0.2, -0.15) is 0 Å². The summed E-state index contributed by atoms with van der Waals surface area (Å²) in [5.74, 6) is 0. The molecule has 2 atom stereocenters. The van der Waals surface area contributed by atoms with E-state index in [1.807, 2.05) is 9.80 Å². The van der Waals surface area contributed by atoms with Gasteiger partial charge in [-0.25, -0.2) is 29.4 Å². The number of carbonyl (C=O) groups excluding carboxylic acids is 2. The number of urea groups is 2. The van der Waals surface area contributed by atoms with E-state index in [4.69, 9.17) is 19.7 Å². The van der Waals surface area contributed by atoms with Crippen molar-refractivity contribution in [2.24, 2.45) is 31.1 Å². The standard InChI is InChI=1S/C48H80N8O4/c1-47(2)32-40(50-44(58)56(42-30-14-7-15-31-42)46(52-37-22-10-5-11-23-37)60-54-39-26-18-19-27-39)33-48(3,34-47)35-49-43(57)55(41-28-12-6-13-29-41)45(51-36-20-8-4-9-21-36)59-53-38-24-16-17-25-38/h36-37,40-42H,4-35H2,1-3H3,(H,49,57)(H,50,58). The van der Waals surface area contributed by atoms with Gasteiger partial charge in [-0.1, -0.05) is 108 Å². The zero-order valence-electron chi connectivity index (χ0n) is 37.8. The zero-order valence-corrected chi connectivity index (χ0v) is 37.8. The number of amidine groups is 2. The van der Waals surface area contributed by atoms with Crippen LogP contribution in [-0.4, -0.2) is 82.1 Å². The molecule has 0 heterocycles. The van der Waals surface area contributed by atoms with Gasteiger partial charge in [0.15, 0.2) is 0 Å². The first-order chi connectivity index (χ1) is 29.1. The molecule has 12 heteroatoms. The summed E-state index contributed by atoms with van der Waals surface area (Å²) in [6, 6.07) is 0.815. The smallest absolute Gasteiger partial charge is 0.326 e. The lowest BCUT2D eigenvalue weighted by atomic mass is 9.62. The highest BCUT2D eigenvalue weighted by molar-refractivity contribution is 5.95. The van der Waals surface area contributed by atoms with E-state index in [0.717, 1.165) is 185 Å². The van der Waals surface area contributed by atoms with Gasteiger partial charge in [0.25, 0.3) is 0 Å². The Morgan fingerprint density at radius 2 is 0.983 bits per heavy atom. The normalized spacial score (nSPS) is 27.9. The van der Waals surface area contributed by atoms with Crippen molar-refractivity contribution >= 4 is 35.5 Å². The quantitative estimate of drug-likeness (QED) is 0.136. The first kappa shape index (κ1) is 44.9. The summed E-state index contributed by atoms with van der Waals surface area (Å²) in [6.07, 6.45) is 32.6. The molecule has 336 valence electrons. The number of hydrogen-bond donors (Lipinski definition) is 2. The first-order valence-corrected chi connectivity index (χ1v) is 24.9. The van der Waals surface area contributed by atoms with Crippen molar-refractivity contribution < 1.29 is 19.3 Å². The van der Waals surface area contributed by atoms with Gasteiger partial charge in [0.1, 0.15) is 0 Å². The van der Waals surface area contributed by atoms with Gasteiger partial charge in [0.05, 0.1) is 23.5 Å². The summed E-state index contributed by atoms with van der Waals surface area (Å²) >= 11 is 0. The minimum Gasteiger partial charge on any atom is -0.337 e.